The van der Waals surface area contributed by atoms with E-state index < -0.39 is 0 Å². The normalized spacial score (nSPS) is 43.3. The van der Waals surface area contributed by atoms with E-state index in [1.54, 1.807) is 0 Å². The van der Waals surface area contributed by atoms with Crippen molar-refractivity contribution in [3.05, 3.63) is 35.9 Å². The van der Waals surface area contributed by atoms with Gasteiger partial charge in [-0.25, -0.2) is 0 Å². The molecule has 5 saturated carbocycles. The Morgan fingerprint density at radius 2 is 1.71 bits per heavy atom. The summed E-state index contributed by atoms with van der Waals surface area (Å²) in [6.07, 6.45) is 9.69. The number of likely N-dealkylation sites (tertiary alicyclic amines) is 1. The lowest BCUT2D eigenvalue weighted by molar-refractivity contribution is -0.191. The number of nitrogens with two attached hydrogens (primary N) is 1. The van der Waals surface area contributed by atoms with Crippen LogP contribution in [0.1, 0.15) is 70.8 Å². The summed E-state index contributed by atoms with van der Waals surface area (Å²) in [5.41, 5.74) is 7.78. The summed E-state index contributed by atoms with van der Waals surface area (Å²) in [4.78, 5) is 16.4. The third kappa shape index (κ3) is 3.20. The summed E-state index contributed by atoms with van der Waals surface area (Å²) in [7, 11) is 0. The van der Waals surface area contributed by atoms with E-state index in [0.717, 1.165) is 38.8 Å². The zero-order valence-corrected chi connectivity index (χ0v) is 19.2. The molecule has 1 amide bonds. The average molecular weight is 423 g/mol. The van der Waals surface area contributed by atoms with Crippen LogP contribution in [-0.4, -0.2) is 42.1 Å². The summed E-state index contributed by atoms with van der Waals surface area (Å²) < 4.78 is 6.59. The van der Waals surface area contributed by atoms with Gasteiger partial charge < -0.3 is 15.4 Å². The van der Waals surface area contributed by atoms with E-state index in [1.165, 1.54) is 31.2 Å². The molecule has 6 fully saturated rings. The predicted octanol–water partition coefficient (Wildman–Crippen LogP) is 4.27. The topological polar surface area (TPSA) is 55.6 Å². The Morgan fingerprint density at radius 3 is 2.32 bits per heavy atom. The maximum atomic E-state index is 14.2. The molecule has 2 N–H and O–H groups in total. The van der Waals surface area contributed by atoms with Crippen LogP contribution in [0.2, 0.25) is 0 Å². The smallest absolute Gasteiger partial charge is 0.228 e. The monoisotopic (exact) mass is 422 g/mol. The fourth-order valence-electron chi connectivity index (χ4n) is 8.02. The first-order chi connectivity index (χ1) is 14.8. The molecule has 168 valence electrons. The van der Waals surface area contributed by atoms with Gasteiger partial charge in [0.2, 0.25) is 5.91 Å². The number of carbonyl (C=O) groups excluding carboxylic acids is 1. The zero-order valence-electron chi connectivity index (χ0n) is 19.2. The van der Waals surface area contributed by atoms with Crippen molar-refractivity contribution in [3.63, 3.8) is 0 Å². The molecule has 0 spiro atoms. The van der Waals surface area contributed by atoms with Crippen molar-refractivity contribution in [2.45, 2.75) is 88.9 Å². The summed E-state index contributed by atoms with van der Waals surface area (Å²) in [5, 5.41) is 0. The van der Waals surface area contributed by atoms with Crippen molar-refractivity contribution < 1.29 is 9.53 Å². The first-order valence-electron chi connectivity index (χ1n) is 12.6. The van der Waals surface area contributed by atoms with Crippen LogP contribution in [0.15, 0.2) is 30.3 Å². The number of rotatable bonds is 4. The molecule has 6 aliphatic rings. The Morgan fingerprint density at radius 1 is 1.03 bits per heavy atom. The molecule has 7 rings (SSSR count). The van der Waals surface area contributed by atoms with Crippen LogP contribution in [0.3, 0.4) is 0 Å². The van der Waals surface area contributed by atoms with E-state index in [-0.39, 0.29) is 22.3 Å². The highest BCUT2D eigenvalue weighted by molar-refractivity contribution is 5.84. The highest BCUT2D eigenvalue weighted by Gasteiger charge is 2.65. The molecule has 4 nitrogen and oxygen atoms in total. The minimum atomic E-state index is -0.206. The zero-order chi connectivity index (χ0) is 21.4. The van der Waals surface area contributed by atoms with Crippen molar-refractivity contribution in [1.29, 1.82) is 0 Å². The first kappa shape index (κ1) is 20.2. The van der Waals surface area contributed by atoms with Gasteiger partial charge >= 0.3 is 0 Å². The van der Waals surface area contributed by atoms with Gasteiger partial charge in [-0.15, -0.1) is 0 Å². The number of hydrogen-bond acceptors (Lipinski definition) is 3. The molecular formula is C27H38N2O2. The number of hydrogen-bond donors (Lipinski definition) is 1. The van der Waals surface area contributed by atoms with Crippen LogP contribution in [0.5, 0.6) is 0 Å². The van der Waals surface area contributed by atoms with Gasteiger partial charge in [-0.1, -0.05) is 44.2 Å². The standard InChI is InChI=1S/C27H38N2O2/c1-25(2)17-29(11-10-22(25)28)24(30)27-14-18-12-26(16-27,20-6-4-3-5-7-20)13-19(15-27)23(18)31-21-8-9-21/h3-7,18-19,21-23H,8-17,28H2,1-2H3/t18?,19?,22-,23?,26?,27?/m0/s1. The fourth-order valence-corrected chi connectivity index (χ4v) is 8.02. The van der Waals surface area contributed by atoms with Gasteiger partial charge in [-0.3, -0.25) is 4.79 Å². The van der Waals surface area contributed by atoms with Crippen LogP contribution >= 0.6 is 0 Å². The van der Waals surface area contributed by atoms with Crippen molar-refractivity contribution in [2.24, 2.45) is 28.4 Å². The maximum absolute atomic E-state index is 14.2. The maximum Gasteiger partial charge on any atom is 0.228 e. The van der Waals surface area contributed by atoms with E-state index in [4.69, 9.17) is 10.5 Å². The Bertz CT molecular complexity index is 845. The van der Waals surface area contributed by atoms with Crippen LogP contribution < -0.4 is 5.73 Å². The Hall–Kier alpha value is -1.39. The average Bonchev–Trinajstić information content (AvgIpc) is 3.57. The number of nitrogens with zero attached hydrogens (tertiary/aromatic N) is 1. The Labute approximate surface area is 186 Å². The summed E-state index contributed by atoms with van der Waals surface area (Å²) >= 11 is 0. The van der Waals surface area contributed by atoms with Crippen LogP contribution in [0.25, 0.3) is 0 Å². The van der Waals surface area contributed by atoms with Gasteiger partial charge in [0.05, 0.1) is 17.6 Å². The molecule has 31 heavy (non-hydrogen) atoms. The van der Waals surface area contributed by atoms with Gasteiger partial charge in [-0.05, 0) is 79.6 Å². The molecule has 0 aromatic heterocycles. The van der Waals surface area contributed by atoms with Gasteiger partial charge in [-0.2, -0.15) is 0 Å². The van der Waals surface area contributed by atoms with Crippen molar-refractivity contribution in [1.82, 2.24) is 4.90 Å². The second-order valence-corrected chi connectivity index (χ2v) is 12.4. The van der Waals surface area contributed by atoms with E-state index >= 15 is 0 Å². The number of piperidine rings is 1. The summed E-state index contributed by atoms with van der Waals surface area (Å²) in [5.74, 6) is 1.46. The SMILES string of the molecule is CC1(C)CN(C(=O)C23CC4CC(c5ccccc5)(CC(C2)C4OC2CC2)C3)CC[C@@H]1N. The second-order valence-electron chi connectivity index (χ2n) is 12.4. The van der Waals surface area contributed by atoms with Crippen molar-refractivity contribution in [2.75, 3.05) is 13.1 Å². The largest absolute Gasteiger partial charge is 0.374 e. The Kier molecular flexibility index (Phi) is 4.44. The second kappa shape index (κ2) is 6.81. The molecule has 0 radical (unpaired) electrons. The summed E-state index contributed by atoms with van der Waals surface area (Å²) in [6.45, 7) is 6.06. The van der Waals surface area contributed by atoms with Crippen LogP contribution in [0.4, 0.5) is 0 Å². The van der Waals surface area contributed by atoms with Crippen LogP contribution in [-0.2, 0) is 14.9 Å². The molecule has 4 bridgehead atoms. The van der Waals surface area contributed by atoms with Crippen LogP contribution in [0, 0.1) is 22.7 Å². The highest BCUT2D eigenvalue weighted by atomic mass is 16.5. The minimum absolute atomic E-state index is 0.00899. The molecular weight excluding hydrogens is 384 g/mol. The van der Waals surface area contributed by atoms with Gasteiger partial charge in [0, 0.05) is 19.1 Å². The van der Waals surface area contributed by atoms with Crippen molar-refractivity contribution in [3.8, 4) is 0 Å². The van der Waals surface area contributed by atoms with Gasteiger partial charge in [0.15, 0.2) is 0 Å². The lowest BCUT2D eigenvalue weighted by atomic mass is 9.41. The molecule has 4 heteroatoms. The molecule has 1 heterocycles. The highest BCUT2D eigenvalue weighted by Crippen LogP contribution is 2.67. The van der Waals surface area contributed by atoms with Gasteiger partial charge in [0.1, 0.15) is 0 Å². The fraction of sp³-hybridized carbons (Fsp3) is 0.741. The van der Waals surface area contributed by atoms with E-state index in [9.17, 15) is 4.79 Å². The number of ether oxygens (including phenoxy) is 1. The molecule has 2 unspecified atom stereocenters. The molecule has 5 aliphatic carbocycles. The van der Waals surface area contributed by atoms with E-state index in [0.29, 0.717) is 30.0 Å². The lowest BCUT2D eigenvalue weighted by Crippen LogP contribution is -2.65. The number of carbonyl (C=O) groups is 1. The van der Waals surface area contributed by atoms with Gasteiger partial charge in [0.25, 0.3) is 0 Å². The summed E-state index contributed by atoms with van der Waals surface area (Å²) in [6, 6.07) is 11.3. The minimum Gasteiger partial charge on any atom is -0.374 e. The molecule has 1 aromatic rings. The third-order valence-corrected chi connectivity index (χ3v) is 9.53. The molecule has 1 saturated heterocycles. The molecule has 1 aliphatic heterocycles. The number of benzene rings is 1. The van der Waals surface area contributed by atoms with E-state index in [1.807, 2.05) is 0 Å². The quantitative estimate of drug-likeness (QED) is 0.788. The molecule has 3 atom stereocenters. The third-order valence-electron chi connectivity index (χ3n) is 9.53. The van der Waals surface area contributed by atoms with E-state index in [2.05, 4.69) is 49.1 Å². The predicted molar refractivity (Wildman–Crippen MR) is 121 cm³/mol. The lowest BCUT2D eigenvalue weighted by Gasteiger charge is -2.64. The molecule has 1 aromatic carbocycles. The van der Waals surface area contributed by atoms with Crippen molar-refractivity contribution >= 4 is 5.91 Å². The number of amides is 1. The Balaban J connectivity index is 1.34. The first-order valence-corrected chi connectivity index (χ1v) is 12.6.